The number of anilines is 1. The summed E-state index contributed by atoms with van der Waals surface area (Å²) in [5.41, 5.74) is 4.31. The molecule has 1 aromatic heterocycles. The molecule has 0 saturated carbocycles. The topological polar surface area (TPSA) is 71.1 Å². The standard InChI is InChI=1S/C23H22FN3O2/c1-13-10-11-25-19(12-13)27-23(29)20-14(2)26-17-4-3-5-18(28)22(17)21(20)15-6-8-16(24)9-7-15/h6-12,21,26H,3-5H2,1-2H3,(H,25,27,29)/t21-/m0/s1. The van der Waals surface area contributed by atoms with E-state index in [9.17, 15) is 14.0 Å². The minimum absolute atomic E-state index is 0.0274. The largest absolute Gasteiger partial charge is 0.362 e. The molecule has 0 bridgehead atoms. The lowest BCUT2D eigenvalue weighted by Gasteiger charge is -2.34. The summed E-state index contributed by atoms with van der Waals surface area (Å²) in [6, 6.07) is 9.64. The van der Waals surface area contributed by atoms with Crippen LogP contribution >= 0.6 is 0 Å². The normalized spacial score (nSPS) is 19.0. The van der Waals surface area contributed by atoms with Crippen LogP contribution in [0.2, 0.25) is 0 Å². The Bertz CT molecular complexity index is 1050. The van der Waals surface area contributed by atoms with Crippen molar-refractivity contribution in [2.45, 2.75) is 39.0 Å². The van der Waals surface area contributed by atoms with Crippen LogP contribution < -0.4 is 10.6 Å². The molecule has 0 fully saturated rings. The molecule has 1 aliphatic carbocycles. The van der Waals surface area contributed by atoms with Gasteiger partial charge in [-0.25, -0.2) is 9.37 Å². The van der Waals surface area contributed by atoms with E-state index in [1.54, 1.807) is 24.4 Å². The first-order valence-corrected chi connectivity index (χ1v) is 9.67. The number of rotatable bonds is 3. The van der Waals surface area contributed by atoms with E-state index in [0.29, 0.717) is 29.1 Å². The molecule has 1 atom stereocenters. The minimum atomic E-state index is -0.538. The van der Waals surface area contributed by atoms with Gasteiger partial charge in [0.2, 0.25) is 0 Å². The maximum absolute atomic E-state index is 13.5. The highest BCUT2D eigenvalue weighted by Gasteiger charge is 2.38. The number of aryl methyl sites for hydroxylation is 1. The average molecular weight is 391 g/mol. The van der Waals surface area contributed by atoms with Crippen molar-refractivity contribution >= 4 is 17.5 Å². The zero-order chi connectivity index (χ0) is 20.5. The molecule has 2 aromatic rings. The molecule has 1 amide bonds. The van der Waals surface area contributed by atoms with Gasteiger partial charge in [0, 0.05) is 41.1 Å². The van der Waals surface area contributed by atoms with Crippen LogP contribution in [-0.4, -0.2) is 16.7 Å². The van der Waals surface area contributed by atoms with E-state index in [0.717, 1.165) is 29.7 Å². The number of halogens is 1. The Morgan fingerprint density at radius 2 is 1.93 bits per heavy atom. The smallest absolute Gasteiger partial charge is 0.255 e. The molecule has 0 radical (unpaired) electrons. The van der Waals surface area contributed by atoms with Crippen LogP contribution in [0.25, 0.3) is 0 Å². The van der Waals surface area contributed by atoms with Crippen molar-refractivity contribution in [1.82, 2.24) is 10.3 Å². The van der Waals surface area contributed by atoms with Crippen LogP contribution in [0, 0.1) is 12.7 Å². The molecule has 2 N–H and O–H groups in total. The Morgan fingerprint density at radius 1 is 1.17 bits per heavy atom. The van der Waals surface area contributed by atoms with Crippen LogP contribution in [0.3, 0.4) is 0 Å². The molecule has 5 nitrogen and oxygen atoms in total. The van der Waals surface area contributed by atoms with E-state index >= 15 is 0 Å². The lowest BCUT2D eigenvalue weighted by molar-refractivity contribution is -0.116. The van der Waals surface area contributed by atoms with E-state index in [4.69, 9.17) is 0 Å². The van der Waals surface area contributed by atoms with Crippen LogP contribution in [0.5, 0.6) is 0 Å². The fraction of sp³-hybridized carbons (Fsp3) is 0.261. The van der Waals surface area contributed by atoms with Crippen molar-refractivity contribution in [3.63, 3.8) is 0 Å². The van der Waals surface area contributed by atoms with E-state index < -0.39 is 5.92 Å². The third-order valence-corrected chi connectivity index (χ3v) is 5.38. The number of allylic oxidation sites excluding steroid dienone is 3. The monoisotopic (exact) mass is 391 g/mol. The lowest BCUT2D eigenvalue weighted by atomic mass is 9.75. The van der Waals surface area contributed by atoms with Crippen LogP contribution in [0.15, 0.2) is 65.1 Å². The van der Waals surface area contributed by atoms with Gasteiger partial charge in [-0.15, -0.1) is 0 Å². The number of carbonyl (C=O) groups excluding carboxylic acids is 2. The number of ketones is 1. The van der Waals surface area contributed by atoms with Crippen molar-refractivity contribution in [2.75, 3.05) is 5.32 Å². The fourth-order valence-electron chi connectivity index (χ4n) is 4.06. The van der Waals surface area contributed by atoms with Gasteiger partial charge in [0.05, 0.1) is 0 Å². The van der Waals surface area contributed by atoms with Gasteiger partial charge in [0.1, 0.15) is 11.6 Å². The predicted molar refractivity (Wildman–Crippen MR) is 108 cm³/mol. The first kappa shape index (κ1) is 19.1. The molecular formula is C23H22FN3O2. The first-order chi connectivity index (χ1) is 13.9. The van der Waals surface area contributed by atoms with Gasteiger partial charge in [-0.1, -0.05) is 12.1 Å². The van der Waals surface area contributed by atoms with E-state index in [-0.39, 0.29) is 17.5 Å². The van der Waals surface area contributed by atoms with Crippen LogP contribution in [0.1, 0.15) is 43.2 Å². The van der Waals surface area contributed by atoms with Gasteiger partial charge in [0.25, 0.3) is 5.91 Å². The quantitative estimate of drug-likeness (QED) is 0.825. The number of carbonyl (C=O) groups is 2. The van der Waals surface area contributed by atoms with Gasteiger partial charge in [-0.05, 0) is 62.1 Å². The number of benzene rings is 1. The zero-order valence-corrected chi connectivity index (χ0v) is 16.4. The van der Waals surface area contributed by atoms with Crippen molar-refractivity contribution in [3.05, 3.63) is 82.1 Å². The van der Waals surface area contributed by atoms with Gasteiger partial charge < -0.3 is 10.6 Å². The summed E-state index contributed by atoms with van der Waals surface area (Å²) in [7, 11) is 0. The Kier molecular flexibility index (Phi) is 5.01. The summed E-state index contributed by atoms with van der Waals surface area (Å²) in [4.78, 5) is 30.3. The third kappa shape index (κ3) is 3.70. The highest BCUT2D eigenvalue weighted by molar-refractivity contribution is 6.09. The molecule has 2 aliphatic rings. The Labute approximate surface area is 168 Å². The summed E-state index contributed by atoms with van der Waals surface area (Å²) in [6.45, 7) is 3.75. The van der Waals surface area contributed by atoms with E-state index in [2.05, 4.69) is 15.6 Å². The Hall–Kier alpha value is -3.28. The molecule has 6 heteroatoms. The first-order valence-electron chi connectivity index (χ1n) is 9.67. The molecule has 2 heterocycles. The summed E-state index contributed by atoms with van der Waals surface area (Å²) >= 11 is 0. The molecular weight excluding hydrogens is 369 g/mol. The number of Topliss-reactive ketones (excluding diaryl/α,β-unsaturated/α-hetero) is 1. The summed E-state index contributed by atoms with van der Waals surface area (Å²) in [5.74, 6) is -0.748. The van der Waals surface area contributed by atoms with Crippen LogP contribution in [-0.2, 0) is 9.59 Å². The molecule has 0 unspecified atom stereocenters. The predicted octanol–water partition coefficient (Wildman–Crippen LogP) is 4.14. The highest BCUT2D eigenvalue weighted by Crippen LogP contribution is 2.42. The second-order valence-electron chi connectivity index (χ2n) is 7.49. The average Bonchev–Trinajstić information content (AvgIpc) is 2.67. The lowest BCUT2D eigenvalue weighted by Crippen LogP contribution is -2.35. The molecule has 0 spiro atoms. The molecule has 1 aliphatic heterocycles. The molecule has 1 aromatic carbocycles. The number of dihydropyridines is 1. The summed E-state index contributed by atoms with van der Waals surface area (Å²) < 4.78 is 13.5. The molecule has 29 heavy (non-hydrogen) atoms. The zero-order valence-electron chi connectivity index (χ0n) is 16.4. The fourth-order valence-corrected chi connectivity index (χ4v) is 4.06. The maximum Gasteiger partial charge on any atom is 0.255 e. The number of aromatic nitrogens is 1. The maximum atomic E-state index is 13.5. The van der Waals surface area contributed by atoms with E-state index in [1.165, 1.54) is 12.1 Å². The highest BCUT2D eigenvalue weighted by atomic mass is 19.1. The minimum Gasteiger partial charge on any atom is -0.362 e. The second kappa shape index (κ2) is 7.62. The number of amides is 1. The third-order valence-electron chi connectivity index (χ3n) is 5.38. The number of hydrogen-bond donors (Lipinski definition) is 2. The van der Waals surface area contributed by atoms with Crippen molar-refractivity contribution in [3.8, 4) is 0 Å². The second-order valence-corrected chi connectivity index (χ2v) is 7.49. The summed E-state index contributed by atoms with van der Waals surface area (Å²) in [5, 5.41) is 6.12. The Morgan fingerprint density at radius 3 is 2.66 bits per heavy atom. The molecule has 148 valence electrons. The number of pyridine rings is 1. The SMILES string of the molecule is CC1=C(C(=O)Nc2cc(C)ccn2)[C@H](c2ccc(F)cc2)C2=C(CCCC2=O)N1. The summed E-state index contributed by atoms with van der Waals surface area (Å²) in [6.07, 6.45) is 3.62. The van der Waals surface area contributed by atoms with Gasteiger partial charge in [-0.3, -0.25) is 9.59 Å². The molecule has 4 rings (SSSR count). The van der Waals surface area contributed by atoms with Gasteiger partial charge >= 0.3 is 0 Å². The number of hydrogen-bond acceptors (Lipinski definition) is 4. The molecule has 0 saturated heterocycles. The van der Waals surface area contributed by atoms with Crippen molar-refractivity contribution in [2.24, 2.45) is 0 Å². The van der Waals surface area contributed by atoms with Crippen molar-refractivity contribution < 1.29 is 14.0 Å². The van der Waals surface area contributed by atoms with Crippen LogP contribution in [0.4, 0.5) is 10.2 Å². The van der Waals surface area contributed by atoms with Crippen molar-refractivity contribution in [1.29, 1.82) is 0 Å². The number of nitrogens with zero attached hydrogens (tertiary/aromatic N) is 1. The van der Waals surface area contributed by atoms with E-state index in [1.807, 2.05) is 19.9 Å². The Balaban J connectivity index is 1.78. The number of nitrogens with one attached hydrogen (secondary N) is 2. The van der Waals surface area contributed by atoms with Gasteiger partial charge in [-0.2, -0.15) is 0 Å². The van der Waals surface area contributed by atoms with Gasteiger partial charge in [0.15, 0.2) is 5.78 Å².